The minimum atomic E-state index is -0.0482. The van der Waals surface area contributed by atoms with Gasteiger partial charge in [-0.05, 0) is 18.9 Å². The lowest BCUT2D eigenvalue weighted by atomic mass is 10.0. The molecule has 1 fully saturated rings. The maximum absolute atomic E-state index is 12.1. The number of nitrogens with one attached hydrogen (secondary N) is 2. The summed E-state index contributed by atoms with van der Waals surface area (Å²) in [6.45, 7) is 3.50. The van der Waals surface area contributed by atoms with Crippen molar-refractivity contribution in [3.8, 4) is 0 Å². The van der Waals surface area contributed by atoms with Gasteiger partial charge in [-0.2, -0.15) is 5.10 Å². The van der Waals surface area contributed by atoms with Crippen LogP contribution in [0.1, 0.15) is 19.2 Å². The van der Waals surface area contributed by atoms with Crippen molar-refractivity contribution in [2.45, 2.75) is 25.9 Å². The molecule has 2 heterocycles. The summed E-state index contributed by atoms with van der Waals surface area (Å²) in [5, 5.41) is 9.74. The third-order valence-electron chi connectivity index (χ3n) is 3.03. The minimum Gasteiger partial charge on any atom is -0.337 e. The summed E-state index contributed by atoms with van der Waals surface area (Å²) < 4.78 is 0. The van der Waals surface area contributed by atoms with Crippen molar-refractivity contribution in [3.63, 3.8) is 0 Å². The van der Waals surface area contributed by atoms with Crippen LogP contribution in [0.25, 0.3) is 0 Å². The quantitative estimate of drug-likeness (QED) is 0.741. The smallest absolute Gasteiger partial charge is 0.240 e. The summed E-state index contributed by atoms with van der Waals surface area (Å²) >= 11 is 0. The zero-order valence-electron chi connectivity index (χ0n) is 9.60. The van der Waals surface area contributed by atoms with Crippen LogP contribution >= 0.6 is 0 Å². The van der Waals surface area contributed by atoms with Gasteiger partial charge in [-0.25, -0.2) is 4.98 Å². The summed E-state index contributed by atoms with van der Waals surface area (Å²) in [5.41, 5.74) is 0. The van der Waals surface area contributed by atoms with Crippen molar-refractivity contribution in [2.24, 2.45) is 5.92 Å². The van der Waals surface area contributed by atoms with Crippen LogP contribution in [-0.4, -0.2) is 45.6 Å². The average molecular weight is 223 g/mol. The summed E-state index contributed by atoms with van der Waals surface area (Å²) in [5.74, 6) is 1.24. The van der Waals surface area contributed by atoms with Crippen molar-refractivity contribution in [1.82, 2.24) is 25.4 Å². The molecule has 0 radical (unpaired) electrons. The highest BCUT2D eigenvalue weighted by molar-refractivity contribution is 5.82. The van der Waals surface area contributed by atoms with Crippen molar-refractivity contribution in [2.75, 3.05) is 13.6 Å². The predicted octanol–water partition coefficient (Wildman–Crippen LogP) is -0.239. The summed E-state index contributed by atoms with van der Waals surface area (Å²) in [6, 6.07) is -0.0482. The minimum absolute atomic E-state index is 0.0482. The first-order valence-corrected chi connectivity index (χ1v) is 5.51. The van der Waals surface area contributed by atoms with E-state index in [1.54, 1.807) is 11.9 Å². The van der Waals surface area contributed by atoms with Gasteiger partial charge in [0, 0.05) is 7.05 Å². The summed E-state index contributed by atoms with van der Waals surface area (Å²) in [6.07, 6.45) is 2.51. The van der Waals surface area contributed by atoms with Gasteiger partial charge in [0.2, 0.25) is 5.91 Å². The SMILES string of the molecule is CC1CCNC1C(=O)N(C)Cc1ncn[nH]1. The molecule has 88 valence electrons. The molecule has 1 amide bonds. The van der Waals surface area contributed by atoms with E-state index in [0.29, 0.717) is 18.3 Å². The number of nitrogens with zero attached hydrogens (tertiary/aromatic N) is 3. The van der Waals surface area contributed by atoms with E-state index in [0.717, 1.165) is 13.0 Å². The number of carbonyl (C=O) groups excluding carboxylic acids is 1. The number of H-pyrrole nitrogens is 1. The van der Waals surface area contributed by atoms with Crippen LogP contribution in [0.2, 0.25) is 0 Å². The van der Waals surface area contributed by atoms with E-state index in [4.69, 9.17) is 0 Å². The number of rotatable bonds is 3. The van der Waals surface area contributed by atoms with Gasteiger partial charge in [-0.1, -0.05) is 6.92 Å². The standard InChI is InChI=1S/C10H17N5O/c1-7-3-4-11-9(7)10(16)15(2)5-8-12-6-13-14-8/h6-7,9,11H,3-5H2,1-2H3,(H,12,13,14). The van der Waals surface area contributed by atoms with Gasteiger partial charge < -0.3 is 10.2 Å². The zero-order valence-corrected chi connectivity index (χ0v) is 9.60. The Bertz CT molecular complexity index is 350. The second kappa shape index (κ2) is 4.61. The Labute approximate surface area is 94.4 Å². The number of aromatic nitrogens is 3. The molecule has 1 aromatic rings. The normalized spacial score (nSPS) is 24.6. The molecular formula is C10H17N5O. The lowest BCUT2D eigenvalue weighted by molar-refractivity contribution is -0.133. The molecule has 2 unspecified atom stereocenters. The molecule has 0 bridgehead atoms. The molecule has 1 saturated heterocycles. The predicted molar refractivity (Wildman–Crippen MR) is 58.4 cm³/mol. The molecule has 6 nitrogen and oxygen atoms in total. The number of hydrogen-bond donors (Lipinski definition) is 2. The zero-order chi connectivity index (χ0) is 11.5. The molecule has 0 aromatic carbocycles. The first kappa shape index (κ1) is 11.1. The van der Waals surface area contributed by atoms with E-state index >= 15 is 0 Å². The number of amides is 1. The fraction of sp³-hybridized carbons (Fsp3) is 0.700. The molecule has 6 heteroatoms. The van der Waals surface area contributed by atoms with Crippen molar-refractivity contribution >= 4 is 5.91 Å². The lowest BCUT2D eigenvalue weighted by Gasteiger charge is -2.22. The van der Waals surface area contributed by atoms with Crippen LogP contribution in [0, 0.1) is 5.92 Å². The molecule has 1 aliphatic heterocycles. The summed E-state index contributed by atoms with van der Waals surface area (Å²) in [7, 11) is 1.79. The first-order valence-electron chi connectivity index (χ1n) is 5.51. The van der Waals surface area contributed by atoms with Gasteiger partial charge in [-0.3, -0.25) is 9.89 Å². The third kappa shape index (κ3) is 2.21. The largest absolute Gasteiger partial charge is 0.337 e. The van der Waals surface area contributed by atoms with E-state index in [1.807, 2.05) is 0 Å². The topological polar surface area (TPSA) is 73.9 Å². The molecule has 2 atom stereocenters. The van der Waals surface area contributed by atoms with E-state index in [-0.39, 0.29) is 11.9 Å². The third-order valence-corrected chi connectivity index (χ3v) is 3.03. The Hall–Kier alpha value is -1.43. The molecule has 2 N–H and O–H groups in total. The van der Waals surface area contributed by atoms with E-state index < -0.39 is 0 Å². The van der Waals surface area contributed by atoms with Crippen molar-refractivity contribution in [1.29, 1.82) is 0 Å². The Balaban J connectivity index is 1.94. The summed E-state index contributed by atoms with van der Waals surface area (Å²) in [4.78, 5) is 17.8. The number of aromatic amines is 1. The van der Waals surface area contributed by atoms with E-state index in [9.17, 15) is 4.79 Å². The monoisotopic (exact) mass is 223 g/mol. The number of hydrogen-bond acceptors (Lipinski definition) is 4. The highest BCUT2D eigenvalue weighted by atomic mass is 16.2. The number of likely N-dealkylation sites (N-methyl/N-ethyl adjacent to an activating group) is 1. The van der Waals surface area contributed by atoms with Crippen LogP contribution in [0.3, 0.4) is 0 Å². The van der Waals surface area contributed by atoms with Crippen molar-refractivity contribution in [3.05, 3.63) is 12.2 Å². The Morgan fingerprint density at radius 2 is 2.50 bits per heavy atom. The van der Waals surface area contributed by atoms with E-state index in [2.05, 4.69) is 27.4 Å². The molecule has 0 saturated carbocycles. The maximum atomic E-state index is 12.1. The van der Waals surface area contributed by atoms with Gasteiger partial charge in [0.25, 0.3) is 0 Å². The lowest BCUT2D eigenvalue weighted by Crippen LogP contribution is -2.44. The van der Waals surface area contributed by atoms with Crippen LogP contribution in [0.15, 0.2) is 6.33 Å². The average Bonchev–Trinajstić information content (AvgIpc) is 2.88. The molecular weight excluding hydrogens is 206 g/mol. The van der Waals surface area contributed by atoms with Crippen molar-refractivity contribution < 1.29 is 4.79 Å². The van der Waals surface area contributed by atoms with Crippen LogP contribution < -0.4 is 5.32 Å². The fourth-order valence-corrected chi connectivity index (χ4v) is 2.01. The Morgan fingerprint density at radius 3 is 3.06 bits per heavy atom. The maximum Gasteiger partial charge on any atom is 0.240 e. The van der Waals surface area contributed by atoms with Gasteiger partial charge in [0.15, 0.2) is 0 Å². The Kier molecular flexibility index (Phi) is 3.19. The highest BCUT2D eigenvalue weighted by Gasteiger charge is 2.31. The molecule has 1 aromatic heterocycles. The molecule has 0 spiro atoms. The number of carbonyl (C=O) groups is 1. The molecule has 1 aliphatic rings. The van der Waals surface area contributed by atoms with Gasteiger partial charge >= 0.3 is 0 Å². The second-order valence-corrected chi connectivity index (χ2v) is 4.32. The molecule has 0 aliphatic carbocycles. The van der Waals surface area contributed by atoms with Gasteiger partial charge in [-0.15, -0.1) is 0 Å². The highest BCUT2D eigenvalue weighted by Crippen LogP contribution is 2.16. The second-order valence-electron chi connectivity index (χ2n) is 4.32. The van der Waals surface area contributed by atoms with Gasteiger partial charge in [0.1, 0.15) is 12.2 Å². The van der Waals surface area contributed by atoms with Gasteiger partial charge in [0.05, 0.1) is 12.6 Å². The molecule has 2 rings (SSSR count). The van der Waals surface area contributed by atoms with Crippen LogP contribution in [0.5, 0.6) is 0 Å². The first-order chi connectivity index (χ1) is 7.68. The fourth-order valence-electron chi connectivity index (χ4n) is 2.01. The van der Waals surface area contributed by atoms with Crippen LogP contribution in [0.4, 0.5) is 0 Å². The molecule has 16 heavy (non-hydrogen) atoms. The van der Waals surface area contributed by atoms with Crippen LogP contribution in [-0.2, 0) is 11.3 Å². The van der Waals surface area contributed by atoms with E-state index in [1.165, 1.54) is 6.33 Å². The Morgan fingerprint density at radius 1 is 1.69 bits per heavy atom.